The van der Waals surface area contributed by atoms with E-state index in [4.69, 9.17) is 5.41 Å². The van der Waals surface area contributed by atoms with Crippen molar-refractivity contribution in [1.29, 1.82) is 5.41 Å². The third-order valence-electron chi connectivity index (χ3n) is 2.71. The van der Waals surface area contributed by atoms with Crippen molar-refractivity contribution in [3.05, 3.63) is 59.7 Å². The quantitative estimate of drug-likeness (QED) is 0.588. The molecule has 1 aromatic carbocycles. The van der Waals surface area contributed by atoms with Crippen LogP contribution in [0.3, 0.4) is 0 Å². The monoisotopic (exact) mass is 224 g/mol. The zero-order valence-corrected chi connectivity index (χ0v) is 9.93. The van der Waals surface area contributed by atoms with Gasteiger partial charge in [0.15, 0.2) is 5.84 Å². The maximum atomic E-state index is 7.86. The smallest absolute Gasteiger partial charge is 0.151 e. The van der Waals surface area contributed by atoms with Gasteiger partial charge in [0, 0.05) is 11.8 Å². The zero-order valence-electron chi connectivity index (χ0n) is 9.93. The highest BCUT2D eigenvalue weighted by Crippen LogP contribution is 2.16. The predicted molar refractivity (Wildman–Crippen MR) is 72.8 cm³/mol. The van der Waals surface area contributed by atoms with E-state index in [9.17, 15) is 0 Å². The Labute approximate surface area is 102 Å². The van der Waals surface area contributed by atoms with Crippen LogP contribution in [-0.4, -0.2) is 12.1 Å². The van der Waals surface area contributed by atoms with Crippen LogP contribution in [-0.2, 0) is 0 Å². The van der Waals surface area contributed by atoms with E-state index in [1.54, 1.807) is 6.21 Å². The second-order valence-corrected chi connectivity index (χ2v) is 4.28. The van der Waals surface area contributed by atoms with Gasteiger partial charge < -0.3 is 0 Å². The molecule has 2 heteroatoms. The summed E-state index contributed by atoms with van der Waals surface area (Å²) in [6.07, 6.45) is 9.10. The summed E-state index contributed by atoms with van der Waals surface area (Å²) in [5.74, 6) is 0.876. The van der Waals surface area contributed by atoms with Crippen LogP contribution in [0.2, 0.25) is 0 Å². The molecular weight excluding hydrogens is 208 g/mol. The van der Waals surface area contributed by atoms with Crippen LogP contribution in [0.1, 0.15) is 18.9 Å². The van der Waals surface area contributed by atoms with Crippen molar-refractivity contribution in [1.82, 2.24) is 0 Å². The average molecular weight is 224 g/mol. The van der Waals surface area contributed by atoms with Gasteiger partial charge in [-0.05, 0) is 17.9 Å². The first-order valence-electron chi connectivity index (χ1n) is 5.81. The molecule has 1 unspecified atom stereocenters. The van der Waals surface area contributed by atoms with Gasteiger partial charge in [0.1, 0.15) is 0 Å². The molecule has 0 amide bonds. The average Bonchev–Trinajstić information content (AvgIpc) is 2.37. The van der Waals surface area contributed by atoms with E-state index in [1.807, 2.05) is 30.3 Å². The predicted octanol–water partition coefficient (Wildman–Crippen LogP) is 3.61. The SMILES string of the molecule is CC1C=CC=C(C=NC(=N)c2ccccc2)C1. The first-order valence-corrected chi connectivity index (χ1v) is 5.81. The highest BCUT2D eigenvalue weighted by atomic mass is 14.8. The van der Waals surface area contributed by atoms with E-state index in [1.165, 1.54) is 5.57 Å². The summed E-state index contributed by atoms with van der Waals surface area (Å²) in [5, 5.41) is 7.86. The van der Waals surface area contributed by atoms with Gasteiger partial charge in [-0.3, -0.25) is 5.41 Å². The van der Waals surface area contributed by atoms with Gasteiger partial charge in [-0.2, -0.15) is 0 Å². The van der Waals surface area contributed by atoms with Crippen LogP contribution in [0, 0.1) is 11.3 Å². The molecule has 2 rings (SSSR count). The summed E-state index contributed by atoms with van der Waals surface area (Å²) in [6.45, 7) is 2.18. The lowest BCUT2D eigenvalue weighted by Gasteiger charge is -2.10. The van der Waals surface area contributed by atoms with Crippen molar-refractivity contribution in [2.75, 3.05) is 0 Å². The molecule has 17 heavy (non-hydrogen) atoms. The highest BCUT2D eigenvalue weighted by molar-refractivity contribution is 6.03. The Morgan fingerprint density at radius 1 is 1.35 bits per heavy atom. The topological polar surface area (TPSA) is 36.2 Å². The van der Waals surface area contributed by atoms with Crippen molar-refractivity contribution in [2.24, 2.45) is 10.9 Å². The van der Waals surface area contributed by atoms with E-state index in [0.29, 0.717) is 11.8 Å². The summed E-state index contributed by atoms with van der Waals surface area (Å²) >= 11 is 0. The third-order valence-corrected chi connectivity index (χ3v) is 2.71. The summed E-state index contributed by atoms with van der Waals surface area (Å²) in [6, 6.07) is 9.58. The second-order valence-electron chi connectivity index (χ2n) is 4.28. The Kier molecular flexibility index (Phi) is 3.66. The Bertz CT molecular complexity index is 481. The zero-order chi connectivity index (χ0) is 12.1. The number of nitrogens with zero attached hydrogens (tertiary/aromatic N) is 1. The molecule has 1 aliphatic carbocycles. The molecule has 0 bridgehead atoms. The molecule has 1 atom stereocenters. The molecule has 86 valence electrons. The lowest BCUT2D eigenvalue weighted by Crippen LogP contribution is -2.01. The van der Waals surface area contributed by atoms with Gasteiger partial charge in [0.05, 0.1) is 0 Å². The fourth-order valence-electron chi connectivity index (χ4n) is 1.79. The van der Waals surface area contributed by atoms with E-state index in [0.717, 1.165) is 12.0 Å². The number of hydrogen-bond donors (Lipinski definition) is 1. The third kappa shape index (κ3) is 3.25. The van der Waals surface area contributed by atoms with Crippen molar-refractivity contribution in [2.45, 2.75) is 13.3 Å². The van der Waals surface area contributed by atoms with Crippen LogP contribution in [0.15, 0.2) is 59.1 Å². The Hall–Kier alpha value is -1.96. The van der Waals surface area contributed by atoms with E-state index in [2.05, 4.69) is 30.1 Å². The number of rotatable bonds is 2. The highest BCUT2D eigenvalue weighted by Gasteiger charge is 2.04. The minimum Gasteiger partial charge on any atom is -0.282 e. The number of allylic oxidation sites excluding steroid dienone is 4. The molecule has 1 N–H and O–H groups in total. The molecule has 0 fully saturated rings. The van der Waals surface area contributed by atoms with Crippen molar-refractivity contribution >= 4 is 12.1 Å². The van der Waals surface area contributed by atoms with Crippen molar-refractivity contribution in [3.63, 3.8) is 0 Å². The molecule has 0 radical (unpaired) electrons. The van der Waals surface area contributed by atoms with Gasteiger partial charge in [-0.15, -0.1) is 0 Å². The van der Waals surface area contributed by atoms with Crippen LogP contribution >= 0.6 is 0 Å². The Morgan fingerprint density at radius 3 is 2.82 bits per heavy atom. The molecule has 1 aromatic rings. The van der Waals surface area contributed by atoms with Gasteiger partial charge >= 0.3 is 0 Å². The summed E-state index contributed by atoms with van der Waals surface area (Å²) < 4.78 is 0. The first kappa shape index (κ1) is 11.5. The lowest BCUT2D eigenvalue weighted by atomic mass is 9.97. The minimum absolute atomic E-state index is 0.314. The molecule has 2 nitrogen and oxygen atoms in total. The largest absolute Gasteiger partial charge is 0.282 e. The van der Waals surface area contributed by atoms with Gasteiger partial charge in [-0.25, -0.2) is 4.99 Å². The summed E-state index contributed by atoms with van der Waals surface area (Å²) in [5.41, 5.74) is 2.03. The maximum absolute atomic E-state index is 7.86. The molecule has 1 aliphatic rings. The minimum atomic E-state index is 0.314. The molecule has 0 saturated heterocycles. The maximum Gasteiger partial charge on any atom is 0.151 e. The van der Waals surface area contributed by atoms with Crippen molar-refractivity contribution < 1.29 is 0 Å². The van der Waals surface area contributed by atoms with Crippen LogP contribution in [0.5, 0.6) is 0 Å². The van der Waals surface area contributed by atoms with Crippen LogP contribution in [0.25, 0.3) is 0 Å². The summed E-state index contributed by atoms with van der Waals surface area (Å²) in [7, 11) is 0. The number of aliphatic imine (C=N–C) groups is 1. The van der Waals surface area contributed by atoms with Crippen LogP contribution < -0.4 is 0 Å². The Balaban J connectivity index is 2.04. The Morgan fingerprint density at radius 2 is 2.12 bits per heavy atom. The van der Waals surface area contributed by atoms with Gasteiger partial charge in [0.2, 0.25) is 0 Å². The number of amidine groups is 1. The molecular formula is C15H16N2. The fourth-order valence-corrected chi connectivity index (χ4v) is 1.79. The molecule has 0 aliphatic heterocycles. The molecule has 0 spiro atoms. The second kappa shape index (κ2) is 5.39. The van der Waals surface area contributed by atoms with Crippen molar-refractivity contribution in [3.8, 4) is 0 Å². The van der Waals surface area contributed by atoms with E-state index >= 15 is 0 Å². The van der Waals surface area contributed by atoms with E-state index < -0.39 is 0 Å². The number of nitrogens with one attached hydrogen (secondary N) is 1. The van der Waals surface area contributed by atoms with Crippen LogP contribution in [0.4, 0.5) is 0 Å². The van der Waals surface area contributed by atoms with Gasteiger partial charge in [-0.1, -0.05) is 55.5 Å². The first-order chi connectivity index (χ1) is 8.25. The molecule has 0 heterocycles. The molecule has 0 saturated carbocycles. The number of hydrogen-bond acceptors (Lipinski definition) is 1. The van der Waals surface area contributed by atoms with Gasteiger partial charge in [0.25, 0.3) is 0 Å². The normalized spacial score (nSPS) is 19.4. The van der Waals surface area contributed by atoms with E-state index in [-0.39, 0.29) is 0 Å². The summed E-state index contributed by atoms with van der Waals surface area (Å²) in [4.78, 5) is 4.21. The standard InChI is InChI=1S/C15H16N2/c1-12-6-5-7-13(10-12)11-17-15(16)14-8-3-2-4-9-14/h2-9,11-12,16H,10H2,1H3. The molecule has 0 aromatic heterocycles. The lowest BCUT2D eigenvalue weighted by molar-refractivity contribution is 0.725. The number of benzene rings is 1. The fraction of sp³-hybridized carbons (Fsp3) is 0.200.